The number of aromatic nitrogens is 1. The summed E-state index contributed by atoms with van der Waals surface area (Å²) < 4.78 is 1.16. The Labute approximate surface area is 86.2 Å². The molecule has 0 aliphatic rings. The van der Waals surface area contributed by atoms with Crippen LogP contribution in [0.5, 0.6) is 0 Å². The Morgan fingerprint density at radius 3 is 2.85 bits per heavy atom. The average Bonchev–Trinajstić information content (AvgIpc) is 2.46. The molecule has 2 heterocycles. The molecule has 5 heteroatoms. The van der Waals surface area contributed by atoms with E-state index < -0.39 is 0 Å². The summed E-state index contributed by atoms with van der Waals surface area (Å²) >= 11 is 1.67. The summed E-state index contributed by atoms with van der Waals surface area (Å²) in [7, 11) is 0. The molecule has 2 rings (SSSR count). The van der Waals surface area contributed by atoms with Crippen LogP contribution in [0.25, 0.3) is 10.1 Å². The van der Waals surface area contributed by atoms with Gasteiger partial charge >= 0.3 is 0 Å². The normalized spacial score (nSPS) is 9.92. The highest BCUT2D eigenvalue weighted by molar-refractivity contribution is 7.19. The van der Waals surface area contributed by atoms with Crippen LogP contribution < -0.4 is 11.5 Å². The Kier molecular flexibility index (Phi) is 3.08. The molecule has 0 aromatic carbocycles. The third kappa shape index (κ3) is 1.91. The number of nitrogens with zero attached hydrogens (tertiary/aromatic N) is 1. The summed E-state index contributed by atoms with van der Waals surface area (Å²) in [5.41, 5.74) is 11.0. The van der Waals surface area contributed by atoms with Crippen molar-refractivity contribution in [1.82, 2.24) is 4.98 Å². The number of pyridine rings is 1. The van der Waals surface area contributed by atoms with E-state index >= 15 is 0 Å². The van der Waals surface area contributed by atoms with Gasteiger partial charge in [0.05, 0.1) is 0 Å². The van der Waals surface area contributed by atoms with Gasteiger partial charge in [0.15, 0.2) is 0 Å². The summed E-state index contributed by atoms with van der Waals surface area (Å²) in [6.45, 7) is 0.583. The van der Waals surface area contributed by atoms with E-state index in [9.17, 15) is 0 Å². The molecule has 0 saturated carbocycles. The molecule has 0 atom stereocenters. The minimum Gasteiger partial charge on any atom is -0.384 e. The molecule has 0 spiro atoms. The van der Waals surface area contributed by atoms with Crippen LogP contribution in [0, 0.1) is 0 Å². The molecule has 4 N–H and O–H groups in total. The largest absolute Gasteiger partial charge is 0.384 e. The van der Waals surface area contributed by atoms with Crippen molar-refractivity contribution in [2.45, 2.75) is 6.54 Å². The van der Waals surface area contributed by atoms with Gasteiger partial charge in [0, 0.05) is 27.7 Å². The van der Waals surface area contributed by atoms with E-state index in [1.807, 2.05) is 12.1 Å². The predicted octanol–water partition coefficient (Wildman–Crippen LogP) is 1.76. The van der Waals surface area contributed by atoms with E-state index in [0.717, 1.165) is 15.0 Å². The fraction of sp³-hybridized carbons (Fsp3) is 0.125. The van der Waals surface area contributed by atoms with Crippen molar-refractivity contribution in [3.8, 4) is 0 Å². The Hall–Kier alpha value is -0.840. The lowest BCUT2D eigenvalue weighted by atomic mass is 10.3. The van der Waals surface area contributed by atoms with E-state index in [2.05, 4.69) is 4.98 Å². The minimum atomic E-state index is 0. The molecule has 70 valence electrons. The van der Waals surface area contributed by atoms with Crippen molar-refractivity contribution in [3.05, 3.63) is 23.2 Å². The van der Waals surface area contributed by atoms with Crippen molar-refractivity contribution in [2.75, 3.05) is 5.73 Å². The SMILES string of the molecule is Cl.NCc1cc2cnc(N)cc2s1. The third-order valence-corrected chi connectivity index (χ3v) is 2.80. The molecular weight excluding hydrogens is 206 g/mol. The van der Waals surface area contributed by atoms with Crippen LogP contribution in [0.15, 0.2) is 18.3 Å². The van der Waals surface area contributed by atoms with Gasteiger partial charge in [-0.25, -0.2) is 4.98 Å². The van der Waals surface area contributed by atoms with Crippen LogP contribution in [0.4, 0.5) is 5.82 Å². The molecule has 0 amide bonds. The van der Waals surface area contributed by atoms with Gasteiger partial charge in [0.2, 0.25) is 0 Å². The van der Waals surface area contributed by atoms with Crippen LogP contribution in [0.2, 0.25) is 0 Å². The molecule has 0 fully saturated rings. The number of hydrogen-bond donors (Lipinski definition) is 2. The van der Waals surface area contributed by atoms with Crippen LogP contribution >= 0.6 is 23.7 Å². The van der Waals surface area contributed by atoms with E-state index in [1.165, 1.54) is 0 Å². The van der Waals surface area contributed by atoms with Crippen molar-refractivity contribution >= 4 is 39.6 Å². The quantitative estimate of drug-likeness (QED) is 0.762. The minimum absolute atomic E-state index is 0. The molecule has 0 aliphatic carbocycles. The van der Waals surface area contributed by atoms with Crippen LogP contribution in [0.1, 0.15) is 4.88 Å². The Morgan fingerprint density at radius 1 is 1.38 bits per heavy atom. The molecule has 2 aromatic heterocycles. The highest BCUT2D eigenvalue weighted by Gasteiger charge is 2.00. The molecule has 3 nitrogen and oxygen atoms in total. The number of rotatable bonds is 1. The predicted molar refractivity (Wildman–Crippen MR) is 59.2 cm³/mol. The van der Waals surface area contributed by atoms with E-state index in [4.69, 9.17) is 11.5 Å². The Morgan fingerprint density at radius 2 is 2.15 bits per heavy atom. The van der Waals surface area contributed by atoms with Crippen molar-refractivity contribution in [2.24, 2.45) is 5.73 Å². The second kappa shape index (κ2) is 3.91. The Bertz CT molecular complexity index is 413. The molecule has 13 heavy (non-hydrogen) atoms. The summed E-state index contributed by atoms with van der Waals surface area (Å²) in [5, 5.41) is 1.12. The number of hydrogen-bond acceptors (Lipinski definition) is 4. The molecule has 0 bridgehead atoms. The highest BCUT2D eigenvalue weighted by atomic mass is 35.5. The summed E-state index contributed by atoms with van der Waals surface area (Å²) in [5.74, 6) is 0.563. The highest BCUT2D eigenvalue weighted by Crippen LogP contribution is 2.25. The first-order valence-corrected chi connectivity index (χ1v) is 4.45. The maximum absolute atomic E-state index is 5.54. The first-order valence-electron chi connectivity index (χ1n) is 3.63. The van der Waals surface area contributed by atoms with Gasteiger partial charge in [-0.05, 0) is 12.1 Å². The van der Waals surface area contributed by atoms with Crippen LogP contribution in [0.3, 0.4) is 0 Å². The zero-order valence-electron chi connectivity index (χ0n) is 6.86. The lowest BCUT2D eigenvalue weighted by Gasteiger charge is -1.89. The fourth-order valence-corrected chi connectivity index (χ4v) is 2.06. The van der Waals surface area contributed by atoms with Gasteiger partial charge in [-0.1, -0.05) is 0 Å². The van der Waals surface area contributed by atoms with Crippen molar-refractivity contribution in [3.63, 3.8) is 0 Å². The maximum Gasteiger partial charge on any atom is 0.124 e. The van der Waals surface area contributed by atoms with Gasteiger partial charge in [0.1, 0.15) is 5.82 Å². The standard InChI is InChI=1S/C8H9N3S.ClH/c9-3-6-1-5-4-11-8(10)2-7(5)12-6;/h1-2,4H,3,9H2,(H2,10,11);1H. The number of thiophene rings is 1. The van der Waals surface area contributed by atoms with Crippen molar-refractivity contribution < 1.29 is 0 Å². The van der Waals surface area contributed by atoms with Crippen molar-refractivity contribution in [1.29, 1.82) is 0 Å². The van der Waals surface area contributed by atoms with Gasteiger partial charge in [-0.15, -0.1) is 23.7 Å². The van der Waals surface area contributed by atoms with E-state index in [1.54, 1.807) is 17.5 Å². The van der Waals surface area contributed by atoms with Gasteiger partial charge < -0.3 is 11.5 Å². The fourth-order valence-electron chi connectivity index (χ4n) is 1.10. The molecule has 0 unspecified atom stereocenters. The second-order valence-electron chi connectivity index (χ2n) is 2.56. The molecule has 2 aromatic rings. The first kappa shape index (κ1) is 10.2. The molecular formula is C8H10ClN3S. The zero-order chi connectivity index (χ0) is 8.55. The van der Waals surface area contributed by atoms with Gasteiger partial charge in [0.25, 0.3) is 0 Å². The maximum atomic E-state index is 5.54. The number of halogens is 1. The summed E-state index contributed by atoms with van der Waals surface area (Å²) in [6, 6.07) is 3.92. The lowest BCUT2D eigenvalue weighted by molar-refractivity contribution is 1.11. The van der Waals surface area contributed by atoms with Crippen LogP contribution in [-0.2, 0) is 6.54 Å². The Balaban J connectivity index is 0.000000845. The zero-order valence-corrected chi connectivity index (χ0v) is 8.49. The monoisotopic (exact) mass is 215 g/mol. The van der Waals surface area contributed by atoms with Gasteiger partial charge in [-0.3, -0.25) is 0 Å². The smallest absolute Gasteiger partial charge is 0.124 e. The molecule has 0 saturated heterocycles. The number of fused-ring (bicyclic) bond motifs is 1. The second-order valence-corrected chi connectivity index (χ2v) is 3.73. The summed E-state index contributed by atoms with van der Waals surface area (Å²) in [6.07, 6.45) is 1.78. The number of nitrogen functional groups attached to an aromatic ring is 1. The van der Waals surface area contributed by atoms with Gasteiger partial charge in [-0.2, -0.15) is 0 Å². The van der Waals surface area contributed by atoms with E-state index in [-0.39, 0.29) is 12.4 Å². The third-order valence-electron chi connectivity index (χ3n) is 1.67. The molecule has 0 aliphatic heterocycles. The molecule has 0 radical (unpaired) electrons. The van der Waals surface area contributed by atoms with E-state index in [0.29, 0.717) is 12.4 Å². The lowest BCUT2D eigenvalue weighted by Crippen LogP contribution is -1.91. The first-order chi connectivity index (χ1) is 5.79. The number of anilines is 1. The average molecular weight is 216 g/mol. The summed E-state index contributed by atoms with van der Waals surface area (Å²) in [4.78, 5) is 5.16. The number of nitrogens with two attached hydrogens (primary N) is 2. The topological polar surface area (TPSA) is 64.9 Å². The van der Waals surface area contributed by atoms with Crippen LogP contribution in [-0.4, -0.2) is 4.98 Å².